The molecule has 1 N–H and O–H groups in total. The zero-order valence-electron chi connectivity index (χ0n) is 19.0. The number of pyridine rings is 2. The minimum absolute atomic E-state index is 0.0511. The normalized spacial score (nSPS) is 16.8. The third-order valence-electron chi connectivity index (χ3n) is 5.99. The van der Waals surface area contributed by atoms with Crippen LogP contribution in [0.4, 0.5) is 13.2 Å². The molecule has 1 aliphatic rings. The van der Waals surface area contributed by atoms with Crippen LogP contribution < -0.4 is 19.5 Å². The summed E-state index contributed by atoms with van der Waals surface area (Å²) >= 11 is 0. The monoisotopic (exact) mass is 509 g/mol. The predicted molar refractivity (Wildman–Crippen MR) is 124 cm³/mol. The van der Waals surface area contributed by atoms with Gasteiger partial charge in [0.2, 0.25) is 5.88 Å². The Kier molecular flexibility index (Phi) is 6.12. The maximum Gasteiger partial charge on any atom is 0.573 e. The molecule has 1 unspecified atom stereocenters. The highest BCUT2D eigenvalue weighted by Gasteiger charge is 2.43. The minimum Gasteiger partial charge on any atom is -0.491 e. The molecule has 0 fully saturated rings. The number of aromatic nitrogens is 2. The highest BCUT2D eigenvalue weighted by Crippen LogP contribution is 2.41. The van der Waals surface area contributed by atoms with Crippen LogP contribution in [0.25, 0.3) is 10.8 Å². The fourth-order valence-corrected chi connectivity index (χ4v) is 4.45. The van der Waals surface area contributed by atoms with Crippen LogP contribution in [0.1, 0.15) is 28.0 Å². The second kappa shape index (κ2) is 9.41. The zero-order chi connectivity index (χ0) is 26.0. The van der Waals surface area contributed by atoms with Gasteiger partial charge in [0.05, 0.1) is 6.61 Å². The molecule has 2 aromatic heterocycles. The van der Waals surface area contributed by atoms with Crippen LogP contribution in [-0.2, 0) is 10.3 Å². The van der Waals surface area contributed by atoms with E-state index in [1.807, 2.05) is 0 Å². The quantitative estimate of drug-likeness (QED) is 0.382. The Balaban J connectivity index is 1.60. The number of hydrogen-bond donors (Lipinski definition) is 1. The summed E-state index contributed by atoms with van der Waals surface area (Å²) in [6.07, 6.45) is -1.62. The first-order valence-electron chi connectivity index (χ1n) is 11.1. The largest absolute Gasteiger partial charge is 0.573 e. The van der Waals surface area contributed by atoms with Crippen molar-refractivity contribution < 1.29 is 37.0 Å². The molecule has 1 aliphatic heterocycles. The molecule has 1 atom stereocenters. The van der Waals surface area contributed by atoms with Crippen molar-refractivity contribution in [1.82, 2.24) is 15.3 Å². The van der Waals surface area contributed by atoms with Gasteiger partial charge in [0.15, 0.2) is 0 Å². The third-order valence-corrected chi connectivity index (χ3v) is 5.99. The van der Waals surface area contributed by atoms with Gasteiger partial charge in [-0.2, -0.15) is 0 Å². The second-order valence-electron chi connectivity index (χ2n) is 8.11. The van der Waals surface area contributed by atoms with Gasteiger partial charge in [-0.05, 0) is 48.0 Å². The van der Waals surface area contributed by atoms with Crippen molar-refractivity contribution in [1.29, 1.82) is 0 Å². The van der Waals surface area contributed by atoms with Crippen LogP contribution in [0.3, 0.4) is 0 Å². The van der Waals surface area contributed by atoms with Crippen molar-refractivity contribution in [2.24, 2.45) is 0 Å². The Morgan fingerprint density at radius 3 is 2.57 bits per heavy atom. The molecule has 0 saturated heterocycles. The highest BCUT2D eigenvalue weighted by atomic mass is 19.4. The number of benzene rings is 2. The number of carbonyl (C=O) groups excluding carboxylic acids is 2. The lowest BCUT2D eigenvalue weighted by Gasteiger charge is -2.39. The first-order valence-corrected chi connectivity index (χ1v) is 11.1. The Hall–Kier alpha value is -4.67. The summed E-state index contributed by atoms with van der Waals surface area (Å²) in [6.45, 7) is 0.469. The Morgan fingerprint density at radius 1 is 1.00 bits per heavy atom. The summed E-state index contributed by atoms with van der Waals surface area (Å²) in [6, 6.07) is 15.2. The Morgan fingerprint density at radius 2 is 1.81 bits per heavy atom. The van der Waals surface area contributed by atoms with Gasteiger partial charge in [-0.3, -0.25) is 14.6 Å². The summed E-state index contributed by atoms with van der Waals surface area (Å²) in [5.41, 5.74) is -0.0486. The van der Waals surface area contributed by atoms with Gasteiger partial charge in [-0.1, -0.05) is 18.2 Å². The van der Waals surface area contributed by atoms with E-state index >= 15 is 0 Å². The van der Waals surface area contributed by atoms with Gasteiger partial charge in [0, 0.05) is 35.2 Å². The van der Waals surface area contributed by atoms with Gasteiger partial charge in [0.1, 0.15) is 22.7 Å². The lowest BCUT2D eigenvalue weighted by Crippen LogP contribution is -2.50. The number of halogens is 3. The van der Waals surface area contributed by atoms with Crippen molar-refractivity contribution >= 4 is 23.2 Å². The van der Waals surface area contributed by atoms with Crippen molar-refractivity contribution in [2.45, 2.75) is 18.3 Å². The Labute approximate surface area is 208 Å². The summed E-state index contributed by atoms with van der Waals surface area (Å²) in [7, 11) is 0. The zero-order valence-corrected chi connectivity index (χ0v) is 19.0. The smallest absolute Gasteiger partial charge is 0.491 e. The molecule has 1 amide bonds. The molecule has 5 rings (SSSR count). The number of hydrogen-bond acceptors (Lipinski definition) is 7. The van der Waals surface area contributed by atoms with E-state index in [4.69, 9.17) is 9.47 Å². The first kappa shape index (κ1) is 24.0. The standard InChI is InChI=1S/C26H18F3N3O5/c27-26(28,29)37-17-8-6-16(7-9-17)25(11-14-35-21-5-2-12-30-22(21)25)32-23(34)19-3-1-4-20-18(19)10-13-31-24(20)36-15-33/h1-10,12-13,15H,11,14H2,(H,32,34). The first-order chi connectivity index (χ1) is 17.8. The topological polar surface area (TPSA) is 99.6 Å². The average molecular weight is 509 g/mol. The molecule has 8 nitrogen and oxygen atoms in total. The molecule has 0 bridgehead atoms. The molecule has 0 saturated carbocycles. The molecule has 4 aromatic rings. The summed E-state index contributed by atoms with van der Waals surface area (Å²) in [5.74, 6) is -0.387. The highest BCUT2D eigenvalue weighted by molar-refractivity contribution is 6.08. The number of nitrogens with one attached hydrogen (secondary N) is 1. The maximum absolute atomic E-state index is 13.8. The predicted octanol–water partition coefficient (Wildman–Crippen LogP) is 4.52. The molecular weight excluding hydrogens is 491 g/mol. The Bertz CT molecular complexity index is 1480. The van der Waals surface area contributed by atoms with Crippen molar-refractivity contribution in [3.63, 3.8) is 0 Å². The molecule has 11 heteroatoms. The number of nitrogens with zero attached hydrogens (tertiary/aromatic N) is 2. The van der Waals surface area contributed by atoms with E-state index in [2.05, 4.69) is 20.0 Å². The summed E-state index contributed by atoms with van der Waals surface area (Å²) in [4.78, 5) is 33.1. The van der Waals surface area contributed by atoms with E-state index in [1.54, 1.807) is 42.6 Å². The van der Waals surface area contributed by atoms with Crippen LogP contribution in [0.5, 0.6) is 17.4 Å². The van der Waals surface area contributed by atoms with Gasteiger partial charge >= 0.3 is 6.36 Å². The average Bonchev–Trinajstić information content (AvgIpc) is 2.88. The fraction of sp³-hybridized carbons (Fsp3) is 0.154. The van der Waals surface area contributed by atoms with Crippen LogP contribution in [0.2, 0.25) is 0 Å². The van der Waals surface area contributed by atoms with E-state index in [-0.39, 0.29) is 30.9 Å². The van der Waals surface area contributed by atoms with E-state index in [1.165, 1.54) is 30.5 Å². The van der Waals surface area contributed by atoms with E-state index in [0.29, 0.717) is 27.8 Å². The molecule has 37 heavy (non-hydrogen) atoms. The molecule has 0 spiro atoms. The molecule has 3 heterocycles. The third kappa shape index (κ3) is 4.63. The number of rotatable bonds is 6. The second-order valence-corrected chi connectivity index (χ2v) is 8.11. The SMILES string of the molecule is O=COc1nccc2c(C(=O)NC3(c4ccc(OC(F)(F)F)cc4)CCOc4cccnc43)cccc12. The van der Waals surface area contributed by atoms with Gasteiger partial charge in [-0.25, -0.2) is 4.98 Å². The minimum atomic E-state index is -4.84. The maximum atomic E-state index is 13.8. The molecule has 2 aromatic carbocycles. The van der Waals surface area contributed by atoms with Gasteiger partial charge < -0.3 is 19.5 Å². The van der Waals surface area contributed by atoms with Crippen molar-refractivity contribution in [3.8, 4) is 17.4 Å². The number of carbonyl (C=O) groups is 2. The van der Waals surface area contributed by atoms with Crippen molar-refractivity contribution in [2.75, 3.05) is 6.61 Å². The van der Waals surface area contributed by atoms with Crippen LogP contribution in [-0.4, -0.2) is 35.3 Å². The van der Waals surface area contributed by atoms with Crippen LogP contribution in [0.15, 0.2) is 73.1 Å². The molecule has 0 aliphatic carbocycles. The lowest BCUT2D eigenvalue weighted by atomic mass is 9.81. The molecule has 188 valence electrons. The fourth-order valence-electron chi connectivity index (χ4n) is 4.45. The molecular formula is C26H18F3N3O5. The summed E-state index contributed by atoms with van der Waals surface area (Å²) in [5, 5.41) is 4.00. The van der Waals surface area contributed by atoms with Gasteiger partial charge in [-0.15, -0.1) is 13.2 Å². The molecule has 0 radical (unpaired) electrons. The van der Waals surface area contributed by atoms with E-state index in [0.717, 1.165) is 0 Å². The number of alkyl halides is 3. The van der Waals surface area contributed by atoms with E-state index < -0.39 is 23.6 Å². The number of amides is 1. The van der Waals surface area contributed by atoms with E-state index in [9.17, 15) is 22.8 Å². The summed E-state index contributed by atoms with van der Waals surface area (Å²) < 4.78 is 52.8. The van der Waals surface area contributed by atoms with Crippen LogP contribution >= 0.6 is 0 Å². The van der Waals surface area contributed by atoms with Crippen LogP contribution in [0, 0.1) is 0 Å². The number of fused-ring (bicyclic) bond motifs is 2. The number of ether oxygens (including phenoxy) is 3. The van der Waals surface area contributed by atoms with Gasteiger partial charge in [0.25, 0.3) is 12.4 Å². The lowest BCUT2D eigenvalue weighted by molar-refractivity contribution is -0.274. The van der Waals surface area contributed by atoms with Crippen molar-refractivity contribution in [3.05, 3.63) is 89.9 Å².